The van der Waals surface area contributed by atoms with Crippen molar-refractivity contribution in [1.29, 1.82) is 0 Å². The van der Waals surface area contributed by atoms with E-state index in [2.05, 4.69) is 0 Å². The topological polar surface area (TPSA) is 98.0 Å². The second-order valence-electron chi connectivity index (χ2n) is 10.7. The van der Waals surface area contributed by atoms with Crippen LogP contribution < -0.4 is 15.0 Å². The largest absolute Gasteiger partial charge is 0.490 e. The van der Waals surface area contributed by atoms with E-state index in [-0.39, 0.29) is 23.4 Å². The second kappa shape index (κ2) is 10.6. The summed E-state index contributed by atoms with van der Waals surface area (Å²) < 4.78 is 28.1. The summed E-state index contributed by atoms with van der Waals surface area (Å²) in [5.74, 6) is -0.205. The van der Waals surface area contributed by atoms with Crippen LogP contribution in [0.15, 0.2) is 47.4 Å². The number of carbonyl (C=O) groups is 1. The van der Waals surface area contributed by atoms with E-state index in [1.54, 1.807) is 59.1 Å². The van der Waals surface area contributed by atoms with E-state index in [1.165, 1.54) is 22.8 Å². The Bertz CT molecular complexity index is 1390. The van der Waals surface area contributed by atoms with E-state index in [4.69, 9.17) is 9.47 Å². The summed E-state index contributed by atoms with van der Waals surface area (Å²) in [6, 6.07) is 9.55. The van der Waals surface area contributed by atoms with E-state index < -0.39 is 11.6 Å². The Kier molecular flexibility index (Phi) is 7.65. The summed E-state index contributed by atoms with van der Waals surface area (Å²) in [5.41, 5.74) is 1.68. The first kappa shape index (κ1) is 27.4. The lowest BCUT2D eigenvalue weighted by molar-refractivity contribution is -0.143. The summed E-state index contributed by atoms with van der Waals surface area (Å²) in [7, 11) is 1.64. The smallest absolute Gasteiger partial charge is 0.306 e. The van der Waals surface area contributed by atoms with Crippen LogP contribution in [0.1, 0.15) is 56.2 Å². The molecule has 3 aromatic rings. The van der Waals surface area contributed by atoms with E-state index in [9.17, 15) is 24.2 Å². The summed E-state index contributed by atoms with van der Waals surface area (Å²) >= 11 is 0. The van der Waals surface area contributed by atoms with Crippen LogP contribution in [-0.2, 0) is 17.4 Å². The van der Waals surface area contributed by atoms with Crippen LogP contribution in [0.25, 0.3) is 11.1 Å². The van der Waals surface area contributed by atoms with E-state index in [0.717, 1.165) is 0 Å². The highest BCUT2D eigenvalue weighted by molar-refractivity contribution is 5.76. The number of pyridine rings is 1. The average molecular weight is 524 g/mol. The molecule has 0 atom stereocenters. The van der Waals surface area contributed by atoms with Gasteiger partial charge in [0.25, 0.3) is 5.56 Å². The van der Waals surface area contributed by atoms with Gasteiger partial charge in [0.15, 0.2) is 0 Å². The first-order valence-electron chi connectivity index (χ1n) is 12.8. The molecule has 0 aliphatic heterocycles. The SMILES string of the molecule is Cc1cc(F)cc(C)c1Oc1ccc(C(C)(C)O)cc1-c1cn(C)c(=O)cc1O[C@H]1CC[C@@H](C(=O)O)CC1. The Balaban J connectivity index is 1.81. The second-order valence-corrected chi connectivity index (χ2v) is 10.7. The summed E-state index contributed by atoms with van der Waals surface area (Å²) in [6.45, 7) is 6.90. The molecule has 1 fully saturated rings. The number of hydrogen-bond donors (Lipinski definition) is 2. The van der Waals surface area contributed by atoms with E-state index in [1.807, 2.05) is 0 Å². The maximum absolute atomic E-state index is 13.9. The average Bonchev–Trinajstić information content (AvgIpc) is 2.83. The monoisotopic (exact) mass is 523 g/mol. The normalized spacial score (nSPS) is 17.8. The molecule has 0 spiro atoms. The lowest BCUT2D eigenvalue weighted by Crippen LogP contribution is -2.28. The number of aryl methyl sites for hydroxylation is 3. The molecule has 1 aromatic heterocycles. The quantitative estimate of drug-likeness (QED) is 0.403. The lowest BCUT2D eigenvalue weighted by atomic mass is 9.87. The molecule has 2 aromatic carbocycles. The highest BCUT2D eigenvalue weighted by Gasteiger charge is 2.28. The third-order valence-electron chi connectivity index (χ3n) is 7.12. The maximum atomic E-state index is 13.9. The van der Waals surface area contributed by atoms with Crippen molar-refractivity contribution in [3.8, 4) is 28.4 Å². The first-order chi connectivity index (χ1) is 17.8. The van der Waals surface area contributed by atoms with Crippen LogP contribution in [0.3, 0.4) is 0 Å². The minimum atomic E-state index is -1.15. The van der Waals surface area contributed by atoms with Gasteiger partial charge in [0.05, 0.1) is 17.6 Å². The molecule has 8 heteroatoms. The fourth-order valence-electron chi connectivity index (χ4n) is 4.90. The zero-order valence-electron chi connectivity index (χ0n) is 22.4. The Labute approximate surface area is 221 Å². The molecule has 4 rings (SSSR count). The number of rotatable bonds is 7. The zero-order chi connectivity index (χ0) is 27.8. The molecule has 1 aliphatic rings. The number of hydrogen-bond acceptors (Lipinski definition) is 5. The Hall–Kier alpha value is -3.65. The molecular weight excluding hydrogens is 489 g/mol. The molecule has 0 radical (unpaired) electrons. The van der Waals surface area contributed by atoms with Crippen LogP contribution in [0.4, 0.5) is 4.39 Å². The molecule has 0 amide bonds. The van der Waals surface area contributed by atoms with E-state index >= 15 is 0 Å². The van der Waals surface area contributed by atoms with Crippen molar-refractivity contribution in [2.24, 2.45) is 13.0 Å². The molecular formula is C30H34FNO6. The van der Waals surface area contributed by atoms with Gasteiger partial charge in [-0.1, -0.05) is 6.07 Å². The first-order valence-corrected chi connectivity index (χ1v) is 12.8. The molecule has 2 N–H and O–H groups in total. The fourth-order valence-corrected chi connectivity index (χ4v) is 4.90. The number of carboxylic acids is 1. The summed E-state index contributed by atoms with van der Waals surface area (Å²) in [6.07, 6.45) is 3.57. The molecule has 0 bridgehead atoms. The van der Waals surface area contributed by atoms with Crippen molar-refractivity contribution >= 4 is 5.97 Å². The van der Waals surface area contributed by atoms with Crippen molar-refractivity contribution in [2.75, 3.05) is 0 Å². The third-order valence-corrected chi connectivity index (χ3v) is 7.12. The van der Waals surface area contributed by atoms with Gasteiger partial charge in [-0.15, -0.1) is 0 Å². The van der Waals surface area contributed by atoms with Gasteiger partial charge in [-0.2, -0.15) is 0 Å². The van der Waals surface area contributed by atoms with Gasteiger partial charge in [0, 0.05) is 30.4 Å². The number of aromatic nitrogens is 1. The van der Waals surface area contributed by atoms with E-state index in [0.29, 0.717) is 70.7 Å². The number of nitrogens with zero attached hydrogens (tertiary/aromatic N) is 1. The summed E-state index contributed by atoms with van der Waals surface area (Å²) in [4.78, 5) is 24.0. The van der Waals surface area contributed by atoms with Gasteiger partial charge in [0.1, 0.15) is 23.1 Å². The van der Waals surface area contributed by atoms with Gasteiger partial charge >= 0.3 is 5.97 Å². The number of halogens is 1. The lowest BCUT2D eigenvalue weighted by Gasteiger charge is -2.28. The number of aliphatic carboxylic acids is 1. The molecule has 7 nitrogen and oxygen atoms in total. The van der Waals surface area contributed by atoms with Crippen LogP contribution in [-0.4, -0.2) is 26.9 Å². The molecule has 38 heavy (non-hydrogen) atoms. The Morgan fingerprint density at radius 1 is 1.00 bits per heavy atom. The van der Waals surface area contributed by atoms with Crippen molar-refractivity contribution in [2.45, 2.75) is 65.1 Å². The molecule has 1 aliphatic carbocycles. The van der Waals surface area contributed by atoms with Crippen LogP contribution in [0, 0.1) is 25.6 Å². The standard InChI is InChI=1S/C30H34FNO6/c1-17-12-21(31)13-18(2)28(17)38-25-11-8-20(30(3,4)36)14-23(25)24-16-32(5)27(33)15-26(24)37-22-9-6-19(7-10-22)29(34)35/h8,11-16,19,22,36H,6-7,9-10H2,1-5H3,(H,34,35)/t19-,22+. The zero-order valence-corrected chi connectivity index (χ0v) is 22.4. The Morgan fingerprint density at radius 2 is 1.63 bits per heavy atom. The summed E-state index contributed by atoms with van der Waals surface area (Å²) in [5, 5.41) is 20.1. The number of ether oxygens (including phenoxy) is 2. The minimum absolute atomic E-state index is 0.236. The van der Waals surface area contributed by atoms with Gasteiger partial charge in [-0.3, -0.25) is 9.59 Å². The molecule has 0 saturated heterocycles. The number of carboxylic acid groups (broad SMARTS) is 1. The molecule has 1 heterocycles. The Morgan fingerprint density at radius 3 is 2.21 bits per heavy atom. The number of aliphatic hydroxyl groups is 1. The predicted octanol–water partition coefficient (Wildman–Crippen LogP) is 5.85. The van der Waals surface area contributed by atoms with Crippen LogP contribution in [0.2, 0.25) is 0 Å². The maximum Gasteiger partial charge on any atom is 0.306 e. The molecule has 0 unspecified atom stereocenters. The van der Waals surface area contributed by atoms with Crippen molar-refractivity contribution in [1.82, 2.24) is 4.57 Å². The highest BCUT2D eigenvalue weighted by Crippen LogP contribution is 2.42. The van der Waals surface area contributed by atoms with Gasteiger partial charge in [0.2, 0.25) is 0 Å². The van der Waals surface area contributed by atoms with Crippen molar-refractivity contribution < 1.29 is 28.9 Å². The van der Waals surface area contributed by atoms with Gasteiger partial charge in [-0.25, -0.2) is 4.39 Å². The minimum Gasteiger partial charge on any atom is -0.490 e. The van der Waals surface area contributed by atoms with Gasteiger partial charge in [-0.05, 0) is 94.3 Å². The number of benzene rings is 2. The van der Waals surface area contributed by atoms with Crippen LogP contribution >= 0.6 is 0 Å². The van der Waals surface area contributed by atoms with Gasteiger partial charge < -0.3 is 24.3 Å². The molecule has 202 valence electrons. The molecule has 1 saturated carbocycles. The highest BCUT2D eigenvalue weighted by atomic mass is 19.1. The fraction of sp³-hybridized carbons (Fsp3) is 0.400. The van der Waals surface area contributed by atoms with Crippen molar-refractivity contribution in [3.05, 3.63) is 75.5 Å². The van der Waals surface area contributed by atoms with Crippen molar-refractivity contribution in [3.63, 3.8) is 0 Å². The van der Waals surface area contributed by atoms with Crippen LogP contribution in [0.5, 0.6) is 17.2 Å². The third kappa shape index (κ3) is 5.91. The predicted molar refractivity (Wildman–Crippen MR) is 142 cm³/mol.